The third kappa shape index (κ3) is 2.14. The van der Waals surface area contributed by atoms with Crippen molar-refractivity contribution >= 4 is 6.08 Å². The molecule has 1 aromatic heterocycles. The number of aromatic nitrogens is 2. The summed E-state index contributed by atoms with van der Waals surface area (Å²) in [6, 6.07) is 7.96. The van der Waals surface area contributed by atoms with Crippen molar-refractivity contribution in [2.75, 3.05) is 6.61 Å². The minimum absolute atomic E-state index is 0.0538. The van der Waals surface area contributed by atoms with Crippen LogP contribution in [0.25, 0.3) is 11.8 Å². The summed E-state index contributed by atoms with van der Waals surface area (Å²) in [4.78, 5) is 4.01. The lowest BCUT2D eigenvalue weighted by Gasteiger charge is -2.05. The Labute approximate surface area is 88.3 Å². The van der Waals surface area contributed by atoms with Gasteiger partial charge in [-0.1, -0.05) is 30.4 Å². The molecule has 3 nitrogen and oxygen atoms in total. The van der Waals surface area contributed by atoms with Gasteiger partial charge in [0.1, 0.15) is 0 Å². The first-order valence-corrected chi connectivity index (χ1v) is 4.76. The molecule has 0 unspecified atom stereocenters. The first kappa shape index (κ1) is 9.68. The second-order valence-corrected chi connectivity index (χ2v) is 3.11. The average molecular weight is 200 g/mol. The van der Waals surface area contributed by atoms with E-state index in [4.69, 9.17) is 5.11 Å². The Balaban J connectivity index is 2.43. The van der Waals surface area contributed by atoms with Crippen LogP contribution < -0.4 is 0 Å². The number of benzene rings is 1. The highest BCUT2D eigenvalue weighted by atomic mass is 16.2. The lowest BCUT2D eigenvalue weighted by atomic mass is 10.1. The van der Waals surface area contributed by atoms with Crippen LogP contribution in [0.3, 0.4) is 0 Å². The summed E-state index contributed by atoms with van der Waals surface area (Å²) >= 11 is 0. The van der Waals surface area contributed by atoms with Crippen LogP contribution in [0.5, 0.6) is 0 Å². The molecule has 0 aliphatic rings. The first-order valence-electron chi connectivity index (χ1n) is 4.76. The number of hydrogen-bond acceptors (Lipinski definition) is 2. The zero-order chi connectivity index (χ0) is 10.5. The van der Waals surface area contributed by atoms with Gasteiger partial charge >= 0.3 is 0 Å². The fourth-order valence-electron chi connectivity index (χ4n) is 1.44. The van der Waals surface area contributed by atoms with Gasteiger partial charge in [-0.2, -0.15) is 0 Å². The molecule has 0 spiro atoms. The molecule has 0 fully saturated rings. The zero-order valence-electron chi connectivity index (χ0n) is 8.24. The van der Waals surface area contributed by atoms with Crippen LogP contribution in [0.15, 0.2) is 49.1 Å². The Morgan fingerprint density at radius 2 is 2.20 bits per heavy atom. The molecule has 0 saturated heterocycles. The lowest BCUT2D eigenvalue weighted by molar-refractivity contribution is 0.343. The third-order valence-corrected chi connectivity index (χ3v) is 2.12. The molecule has 0 aliphatic heterocycles. The summed E-state index contributed by atoms with van der Waals surface area (Å²) in [6.07, 6.45) is 9.01. The molecule has 0 radical (unpaired) electrons. The summed E-state index contributed by atoms with van der Waals surface area (Å²) in [6.45, 7) is 0.0538. The van der Waals surface area contributed by atoms with Crippen molar-refractivity contribution in [1.29, 1.82) is 0 Å². The van der Waals surface area contributed by atoms with E-state index in [0.29, 0.717) is 0 Å². The molecule has 0 saturated carbocycles. The van der Waals surface area contributed by atoms with Crippen LogP contribution in [0, 0.1) is 0 Å². The summed E-state index contributed by atoms with van der Waals surface area (Å²) in [5.74, 6) is 0. The minimum Gasteiger partial charge on any atom is -0.392 e. The molecule has 1 heterocycles. The van der Waals surface area contributed by atoms with Gasteiger partial charge in [0.05, 0.1) is 18.6 Å². The van der Waals surface area contributed by atoms with E-state index in [-0.39, 0.29) is 6.61 Å². The van der Waals surface area contributed by atoms with Crippen LogP contribution in [0.2, 0.25) is 0 Å². The van der Waals surface area contributed by atoms with Gasteiger partial charge in [0, 0.05) is 12.4 Å². The van der Waals surface area contributed by atoms with Crippen LogP contribution in [0.1, 0.15) is 5.56 Å². The highest BCUT2D eigenvalue weighted by Gasteiger charge is 1.99. The fraction of sp³-hybridized carbons (Fsp3) is 0.0833. The summed E-state index contributed by atoms with van der Waals surface area (Å²) in [5, 5.41) is 8.74. The van der Waals surface area contributed by atoms with E-state index in [1.165, 1.54) is 0 Å². The predicted molar refractivity (Wildman–Crippen MR) is 59.7 cm³/mol. The highest BCUT2D eigenvalue weighted by molar-refractivity contribution is 5.60. The molecule has 15 heavy (non-hydrogen) atoms. The molecular formula is C12H12N2O. The van der Waals surface area contributed by atoms with Gasteiger partial charge in [-0.3, -0.25) is 0 Å². The molecular weight excluding hydrogens is 188 g/mol. The van der Waals surface area contributed by atoms with Gasteiger partial charge in [0.25, 0.3) is 0 Å². The predicted octanol–water partition coefficient (Wildman–Crippen LogP) is 1.88. The van der Waals surface area contributed by atoms with E-state index in [9.17, 15) is 0 Å². The van der Waals surface area contributed by atoms with E-state index in [1.807, 2.05) is 41.1 Å². The SMILES string of the molecule is OC/C=C/c1ccccc1-n1ccnc1. The summed E-state index contributed by atoms with van der Waals surface area (Å²) in [5.41, 5.74) is 2.12. The lowest BCUT2D eigenvalue weighted by Crippen LogP contribution is -1.92. The molecule has 0 atom stereocenters. The second-order valence-electron chi connectivity index (χ2n) is 3.11. The van der Waals surface area contributed by atoms with E-state index in [0.717, 1.165) is 11.3 Å². The fourth-order valence-corrected chi connectivity index (χ4v) is 1.44. The Hall–Kier alpha value is -1.87. The number of para-hydroxylation sites is 1. The maximum atomic E-state index is 8.74. The number of nitrogens with zero attached hydrogens (tertiary/aromatic N) is 2. The number of imidazole rings is 1. The summed E-state index contributed by atoms with van der Waals surface area (Å²) < 4.78 is 1.94. The molecule has 2 rings (SSSR count). The quantitative estimate of drug-likeness (QED) is 0.821. The van der Waals surface area contributed by atoms with Crippen molar-refractivity contribution in [2.45, 2.75) is 0 Å². The number of aliphatic hydroxyl groups is 1. The van der Waals surface area contributed by atoms with Crippen LogP contribution in [-0.2, 0) is 0 Å². The van der Waals surface area contributed by atoms with Gasteiger partial charge in [0.2, 0.25) is 0 Å². The van der Waals surface area contributed by atoms with Gasteiger partial charge in [-0.25, -0.2) is 4.98 Å². The molecule has 0 aliphatic carbocycles. The first-order chi connectivity index (χ1) is 7.42. The number of rotatable bonds is 3. The average Bonchev–Trinajstić information content (AvgIpc) is 2.80. The molecule has 2 aromatic rings. The van der Waals surface area contributed by atoms with Gasteiger partial charge < -0.3 is 9.67 Å². The van der Waals surface area contributed by atoms with Gasteiger partial charge in [0.15, 0.2) is 0 Å². The topological polar surface area (TPSA) is 38.0 Å². The maximum absolute atomic E-state index is 8.74. The van der Waals surface area contributed by atoms with Crippen molar-refractivity contribution in [1.82, 2.24) is 9.55 Å². The monoisotopic (exact) mass is 200 g/mol. The summed E-state index contributed by atoms with van der Waals surface area (Å²) in [7, 11) is 0. The largest absolute Gasteiger partial charge is 0.392 e. The minimum atomic E-state index is 0.0538. The van der Waals surface area contributed by atoms with Crippen molar-refractivity contribution in [3.8, 4) is 5.69 Å². The van der Waals surface area contributed by atoms with E-state index >= 15 is 0 Å². The zero-order valence-corrected chi connectivity index (χ0v) is 8.24. The van der Waals surface area contributed by atoms with Crippen molar-refractivity contribution in [3.05, 3.63) is 54.6 Å². The van der Waals surface area contributed by atoms with Crippen molar-refractivity contribution < 1.29 is 5.11 Å². The standard InChI is InChI=1S/C12H12N2O/c15-9-3-5-11-4-1-2-6-12(11)14-8-7-13-10-14/h1-8,10,15H,9H2/b5-3+. The van der Waals surface area contributed by atoms with Gasteiger partial charge in [-0.05, 0) is 11.6 Å². The number of hydrogen-bond donors (Lipinski definition) is 1. The smallest absolute Gasteiger partial charge is 0.0991 e. The Morgan fingerprint density at radius 1 is 1.33 bits per heavy atom. The molecule has 1 aromatic carbocycles. The second kappa shape index (κ2) is 4.57. The molecule has 3 heteroatoms. The highest BCUT2D eigenvalue weighted by Crippen LogP contribution is 2.15. The molecule has 76 valence electrons. The normalized spacial score (nSPS) is 11.0. The maximum Gasteiger partial charge on any atom is 0.0991 e. The van der Waals surface area contributed by atoms with E-state index < -0.39 is 0 Å². The van der Waals surface area contributed by atoms with Crippen LogP contribution in [-0.4, -0.2) is 21.3 Å². The van der Waals surface area contributed by atoms with E-state index in [1.54, 1.807) is 18.6 Å². The molecule has 0 amide bonds. The molecule has 0 bridgehead atoms. The Morgan fingerprint density at radius 3 is 2.93 bits per heavy atom. The van der Waals surface area contributed by atoms with Crippen LogP contribution >= 0.6 is 0 Å². The van der Waals surface area contributed by atoms with Gasteiger partial charge in [-0.15, -0.1) is 0 Å². The third-order valence-electron chi connectivity index (χ3n) is 2.12. The Kier molecular flexibility index (Phi) is 2.95. The van der Waals surface area contributed by atoms with Crippen molar-refractivity contribution in [3.63, 3.8) is 0 Å². The Bertz CT molecular complexity index is 446. The van der Waals surface area contributed by atoms with Crippen LogP contribution in [0.4, 0.5) is 0 Å². The molecule has 1 N–H and O–H groups in total. The van der Waals surface area contributed by atoms with Crippen molar-refractivity contribution in [2.24, 2.45) is 0 Å². The number of aliphatic hydroxyl groups excluding tert-OH is 1. The van der Waals surface area contributed by atoms with E-state index in [2.05, 4.69) is 4.98 Å².